The van der Waals surface area contributed by atoms with E-state index in [1.54, 1.807) is 9.80 Å². The topological polar surface area (TPSA) is 49.9 Å². The van der Waals surface area contributed by atoms with Crippen molar-refractivity contribution in [2.24, 2.45) is 5.92 Å². The van der Waals surface area contributed by atoms with Crippen LogP contribution in [0.25, 0.3) is 0 Å². The average Bonchev–Trinajstić information content (AvgIpc) is 3.01. The zero-order valence-corrected chi connectivity index (χ0v) is 10.6. The second-order valence-corrected chi connectivity index (χ2v) is 5.52. The minimum absolute atomic E-state index is 0.125. The van der Waals surface area contributed by atoms with E-state index in [0.717, 1.165) is 45.4 Å². The van der Waals surface area contributed by atoms with Crippen LogP contribution in [0.2, 0.25) is 0 Å². The molecule has 3 heterocycles. The summed E-state index contributed by atoms with van der Waals surface area (Å²) >= 11 is 0. The zero-order valence-electron chi connectivity index (χ0n) is 10.6. The van der Waals surface area contributed by atoms with Gasteiger partial charge in [0.25, 0.3) is 0 Å². The van der Waals surface area contributed by atoms with Crippen molar-refractivity contribution in [1.29, 1.82) is 0 Å². The number of piperazine rings is 1. The van der Waals surface area contributed by atoms with Crippen molar-refractivity contribution in [2.45, 2.75) is 31.7 Å². The molecule has 2 atom stereocenters. The van der Waals surface area contributed by atoms with Crippen LogP contribution in [0.3, 0.4) is 0 Å². The average molecular weight is 252 g/mol. The Hall–Kier alpha value is -1.10. The summed E-state index contributed by atoms with van der Waals surface area (Å²) in [6.45, 7) is 3.41. The molecule has 0 spiro atoms. The minimum atomic E-state index is -0.161. The Morgan fingerprint density at radius 1 is 1.28 bits per heavy atom. The lowest BCUT2D eigenvalue weighted by molar-refractivity contribution is -0.153. The molecule has 3 fully saturated rings. The summed E-state index contributed by atoms with van der Waals surface area (Å²) in [5.74, 6) is 0.847. The molecule has 3 rings (SSSR count). The second-order valence-electron chi connectivity index (χ2n) is 5.52. The predicted molar refractivity (Wildman–Crippen MR) is 64.9 cm³/mol. The lowest BCUT2D eigenvalue weighted by atomic mass is 10.0. The Labute approximate surface area is 107 Å². The second kappa shape index (κ2) is 4.88. The Balaban J connectivity index is 1.58. The molecule has 2 amide bonds. The van der Waals surface area contributed by atoms with Crippen molar-refractivity contribution in [2.75, 3.05) is 32.8 Å². The zero-order chi connectivity index (χ0) is 12.5. The van der Waals surface area contributed by atoms with Crippen LogP contribution in [0.4, 0.5) is 0 Å². The van der Waals surface area contributed by atoms with E-state index in [2.05, 4.69) is 0 Å². The number of amides is 2. The van der Waals surface area contributed by atoms with Crippen LogP contribution in [0.5, 0.6) is 0 Å². The van der Waals surface area contributed by atoms with Gasteiger partial charge in [0.05, 0.1) is 6.54 Å². The van der Waals surface area contributed by atoms with Gasteiger partial charge in [-0.15, -0.1) is 0 Å². The van der Waals surface area contributed by atoms with Gasteiger partial charge in [0.2, 0.25) is 11.8 Å². The molecule has 3 saturated heterocycles. The van der Waals surface area contributed by atoms with Gasteiger partial charge in [0, 0.05) is 26.3 Å². The normalized spacial score (nSPS) is 32.2. The first-order chi connectivity index (χ1) is 8.75. The summed E-state index contributed by atoms with van der Waals surface area (Å²) in [7, 11) is 0. The van der Waals surface area contributed by atoms with E-state index >= 15 is 0 Å². The molecule has 5 heteroatoms. The molecule has 100 valence electrons. The van der Waals surface area contributed by atoms with Crippen LogP contribution in [0.15, 0.2) is 0 Å². The Kier molecular flexibility index (Phi) is 3.24. The quantitative estimate of drug-likeness (QED) is 0.723. The van der Waals surface area contributed by atoms with Gasteiger partial charge in [-0.3, -0.25) is 9.59 Å². The number of carbonyl (C=O) groups excluding carboxylic acids is 2. The highest BCUT2D eigenvalue weighted by atomic mass is 16.5. The molecule has 0 aromatic heterocycles. The third-order valence-electron chi connectivity index (χ3n) is 4.33. The van der Waals surface area contributed by atoms with E-state index in [-0.39, 0.29) is 24.4 Å². The number of fused-ring (bicyclic) bond motifs is 1. The molecular formula is C13H20N2O3. The van der Waals surface area contributed by atoms with Crippen molar-refractivity contribution in [3.05, 3.63) is 0 Å². The first-order valence-electron chi connectivity index (χ1n) is 6.91. The van der Waals surface area contributed by atoms with E-state index in [1.807, 2.05) is 0 Å². The minimum Gasteiger partial charge on any atom is -0.381 e. The number of nitrogens with zero attached hydrogens (tertiary/aromatic N) is 2. The molecule has 2 unspecified atom stereocenters. The third-order valence-corrected chi connectivity index (χ3v) is 4.33. The highest BCUT2D eigenvalue weighted by Gasteiger charge is 2.41. The van der Waals surface area contributed by atoms with Gasteiger partial charge in [0.15, 0.2) is 0 Å². The van der Waals surface area contributed by atoms with Crippen LogP contribution in [0, 0.1) is 5.92 Å². The Bertz CT molecular complexity index is 352. The van der Waals surface area contributed by atoms with E-state index in [0.29, 0.717) is 12.5 Å². The van der Waals surface area contributed by atoms with Crippen LogP contribution < -0.4 is 0 Å². The first-order valence-corrected chi connectivity index (χ1v) is 6.91. The van der Waals surface area contributed by atoms with Gasteiger partial charge < -0.3 is 14.5 Å². The smallest absolute Gasteiger partial charge is 0.245 e. The highest BCUT2D eigenvalue weighted by Crippen LogP contribution is 2.24. The molecule has 5 nitrogen and oxygen atoms in total. The Morgan fingerprint density at radius 2 is 2.17 bits per heavy atom. The van der Waals surface area contributed by atoms with Crippen LogP contribution in [0.1, 0.15) is 25.7 Å². The molecule has 0 aliphatic carbocycles. The van der Waals surface area contributed by atoms with E-state index in [4.69, 9.17) is 4.74 Å². The van der Waals surface area contributed by atoms with Gasteiger partial charge in [-0.05, 0) is 31.6 Å². The molecule has 3 aliphatic rings. The summed E-state index contributed by atoms with van der Waals surface area (Å²) in [5.41, 5.74) is 0. The molecule has 3 aliphatic heterocycles. The van der Waals surface area contributed by atoms with Crippen molar-refractivity contribution >= 4 is 11.8 Å². The fourth-order valence-corrected chi connectivity index (χ4v) is 3.20. The van der Waals surface area contributed by atoms with Gasteiger partial charge in [-0.25, -0.2) is 0 Å². The van der Waals surface area contributed by atoms with E-state index in [1.165, 1.54) is 0 Å². The van der Waals surface area contributed by atoms with Crippen LogP contribution >= 0.6 is 0 Å². The van der Waals surface area contributed by atoms with Crippen molar-refractivity contribution in [3.8, 4) is 0 Å². The van der Waals surface area contributed by atoms with E-state index < -0.39 is 0 Å². The fourth-order valence-electron chi connectivity index (χ4n) is 3.20. The molecule has 18 heavy (non-hydrogen) atoms. The predicted octanol–water partition coefficient (Wildman–Crippen LogP) is 0.246. The summed E-state index contributed by atoms with van der Waals surface area (Å²) in [6, 6.07) is -0.161. The maximum absolute atomic E-state index is 12.3. The van der Waals surface area contributed by atoms with Gasteiger partial charge in [-0.2, -0.15) is 0 Å². The lowest BCUT2D eigenvalue weighted by Crippen LogP contribution is -2.57. The number of hydrogen-bond acceptors (Lipinski definition) is 3. The molecule has 0 bridgehead atoms. The monoisotopic (exact) mass is 252 g/mol. The highest BCUT2D eigenvalue weighted by molar-refractivity contribution is 5.95. The summed E-state index contributed by atoms with van der Waals surface area (Å²) in [5, 5.41) is 0. The molecular weight excluding hydrogens is 232 g/mol. The van der Waals surface area contributed by atoms with Gasteiger partial charge in [-0.1, -0.05) is 0 Å². The van der Waals surface area contributed by atoms with Crippen molar-refractivity contribution < 1.29 is 14.3 Å². The maximum atomic E-state index is 12.3. The summed E-state index contributed by atoms with van der Waals surface area (Å²) in [6.07, 6.45) is 3.86. The standard InChI is InChI=1S/C13H20N2O3/c16-12-8-14(6-3-10-4-7-18-9-10)13(17)11-2-1-5-15(11)12/h10-11H,1-9H2. The SMILES string of the molecule is O=C1C2CCCN2C(=O)CN1CCC1CCOC1. The number of hydrogen-bond donors (Lipinski definition) is 0. The van der Waals surface area contributed by atoms with Crippen molar-refractivity contribution in [3.63, 3.8) is 0 Å². The largest absolute Gasteiger partial charge is 0.381 e. The fraction of sp³-hybridized carbons (Fsp3) is 0.846. The summed E-state index contributed by atoms with van der Waals surface area (Å²) in [4.78, 5) is 27.7. The third kappa shape index (κ3) is 2.11. The maximum Gasteiger partial charge on any atom is 0.245 e. The van der Waals surface area contributed by atoms with E-state index in [9.17, 15) is 9.59 Å². The van der Waals surface area contributed by atoms with Crippen LogP contribution in [-0.4, -0.2) is 60.5 Å². The number of carbonyl (C=O) groups is 2. The molecule has 0 radical (unpaired) electrons. The first kappa shape index (κ1) is 12.0. The molecule has 0 aromatic rings. The van der Waals surface area contributed by atoms with Crippen molar-refractivity contribution in [1.82, 2.24) is 9.80 Å². The molecule has 0 N–H and O–H groups in total. The van der Waals surface area contributed by atoms with Gasteiger partial charge in [0.1, 0.15) is 6.04 Å². The molecule has 0 aromatic carbocycles. The number of ether oxygens (including phenoxy) is 1. The Morgan fingerprint density at radius 3 is 2.94 bits per heavy atom. The number of rotatable bonds is 3. The van der Waals surface area contributed by atoms with Gasteiger partial charge >= 0.3 is 0 Å². The lowest BCUT2D eigenvalue weighted by Gasteiger charge is -2.36. The summed E-state index contributed by atoms with van der Waals surface area (Å²) < 4.78 is 5.34. The van der Waals surface area contributed by atoms with Crippen LogP contribution in [-0.2, 0) is 14.3 Å². The molecule has 0 saturated carbocycles.